The highest BCUT2D eigenvalue weighted by Gasteiger charge is 2.05. The molecular weight excluding hydrogens is 248 g/mol. The summed E-state index contributed by atoms with van der Waals surface area (Å²) in [5.74, 6) is 0. The van der Waals surface area contributed by atoms with Crippen LogP contribution in [-0.4, -0.2) is 24.8 Å². The Balaban J connectivity index is 2.10. The molecule has 2 rings (SSSR count). The van der Waals surface area contributed by atoms with Gasteiger partial charge in [0.25, 0.3) is 0 Å². The number of aromatic nitrogens is 1. The van der Waals surface area contributed by atoms with Gasteiger partial charge in [-0.1, -0.05) is 23.7 Å². The maximum atomic E-state index is 6.21. The lowest BCUT2D eigenvalue weighted by Crippen LogP contribution is -2.20. The molecule has 1 aromatic carbocycles. The van der Waals surface area contributed by atoms with Gasteiger partial charge in [0, 0.05) is 32.1 Å². The van der Waals surface area contributed by atoms with Crippen LogP contribution in [0.2, 0.25) is 5.02 Å². The molecule has 96 valence electrons. The minimum atomic E-state index is 0.715. The number of methoxy groups -OCH3 is 1. The van der Waals surface area contributed by atoms with E-state index in [1.165, 1.54) is 5.69 Å². The van der Waals surface area contributed by atoms with E-state index in [0.717, 1.165) is 23.8 Å². The van der Waals surface area contributed by atoms with Gasteiger partial charge in [0.15, 0.2) is 0 Å². The van der Waals surface area contributed by atoms with Crippen molar-refractivity contribution in [2.45, 2.75) is 6.54 Å². The second-order valence-electron chi connectivity index (χ2n) is 3.99. The molecule has 1 aromatic heterocycles. The van der Waals surface area contributed by atoms with Gasteiger partial charge >= 0.3 is 0 Å². The van der Waals surface area contributed by atoms with E-state index >= 15 is 0 Å². The molecule has 1 N–H and O–H groups in total. The Morgan fingerprint density at radius 3 is 2.83 bits per heavy atom. The maximum Gasteiger partial charge on any atom is 0.0646 e. The first kappa shape index (κ1) is 13.1. The molecule has 0 radical (unpaired) electrons. The molecule has 18 heavy (non-hydrogen) atoms. The van der Waals surface area contributed by atoms with Crippen LogP contribution in [0.25, 0.3) is 5.69 Å². The first-order valence-electron chi connectivity index (χ1n) is 5.93. The summed E-state index contributed by atoms with van der Waals surface area (Å²) in [4.78, 5) is 0. The monoisotopic (exact) mass is 264 g/mol. The fraction of sp³-hybridized carbons (Fsp3) is 0.286. The van der Waals surface area contributed by atoms with E-state index in [1.54, 1.807) is 7.11 Å². The van der Waals surface area contributed by atoms with Gasteiger partial charge < -0.3 is 14.6 Å². The predicted molar refractivity (Wildman–Crippen MR) is 74.4 cm³/mol. The van der Waals surface area contributed by atoms with Crippen molar-refractivity contribution in [3.63, 3.8) is 0 Å². The smallest absolute Gasteiger partial charge is 0.0646 e. The van der Waals surface area contributed by atoms with Crippen molar-refractivity contribution >= 4 is 11.6 Å². The zero-order valence-corrected chi connectivity index (χ0v) is 11.2. The van der Waals surface area contributed by atoms with Crippen molar-refractivity contribution in [1.82, 2.24) is 9.88 Å². The normalized spacial score (nSPS) is 10.8. The number of rotatable bonds is 6. The number of nitrogens with zero attached hydrogens (tertiary/aromatic N) is 1. The number of halogens is 1. The minimum absolute atomic E-state index is 0.715. The van der Waals surface area contributed by atoms with E-state index in [-0.39, 0.29) is 0 Å². The highest BCUT2D eigenvalue weighted by atomic mass is 35.5. The summed E-state index contributed by atoms with van der Waals surface area (Å²) >= 11 is 6.21. The number of para-hydroxylation sites is 1. The second-order valence-corrected chi connectivity index (χ2v) is 4.40. The van der Waals surface area contributed by atoms with Crippen LogP contribution >= 0.6 is 11.6 Å². The fourth-order valence-electron chi connectivity index (χ4n) is 1.83. The maximum absolute atomic E-state index is 6.21. The molecule has 4 heteroatoms. The van der Waals surface area contributed by atoms with Crippen LogP contribution in [0.3, 0.4) is 0 Å². The molecule has 0 aliphatic carbocycles. The van der Waals surface area contributed by atoms with Gasteiger partial charge in [0.1, 0.15) is 0 Å². The van der Waals surface area contributed by atoms with Gasteiger partial charge in [0.05, 0.1) is 17.3 Å². The average Bonchev–Trinajstić information content (AvgIpc) is 2.83. The van der Waals surface area contributed by atoms with E-state index in [1.807, 2.05) is 36.5 Å². The summed E-state index contributed by atoms with van der Waals surface area (Å²) in [7, 11) is 1.70. The number of hydrogen-bond acceptors (Lipinski definition) is 2. The molecule has 0 spiro atoms. The largest absolute Gasteiger partial charge is 0.383 e. The minimum Gasteiger partial charge on any atom is -0.383 e. The first-order valence-corrected chi connectivity index (χ1v) is 6.31. The lowest BCUT2D eigenvalue weighted by atomic mass is 10.3. The Morgan fingerprint density at radius 2 is 2.06 bits per heavy atom. The molecule has 0 atom stereocenters. The Hall–Kier alpha value is -1.29. The lowest BCUT2D eigenvalue weighted by molar-refractivity contribution is 0.199. The van der Waals surface area contributed by atoms with Gasteiger partial charge in [-0.15, -0.1) is 0 Å². The van der Waals surface area contributed by atoms with Crippen molar-refractivity contribution in [1.29, 1.82) is 0 Å². The zero-order valence-electron chi connectivity index (χ0n) is 10.4. The van der Waals surface area contributed by atoms with Crippen LogP contribution in [0.15, 0.2) is 42.6 Å². The summed E-state index contributed by atoms with van der Waals surface area (Å²) in [5.41, 5.74) is 2.19. The van der Waals surface area contributed by atoms with Gasteiger partial charge in [-0.2, -0.15) is 0 Å². The van der Waals surface area contributed by atoms with Gasteiger partial charge in [-0.25, -0.2) is 0 Å². The molecule has 0 aliphatic heterocycles. The van der Waals surface area contributed by atoms with E-state index in [4.69, 9.17) is 16.3 Å². The fourth-order valence-corrected chi connectivity index (χ4v) is 2.06. The lowest BCUT2D eigenvalue weighted by Gasteiger charge is -2.11. The predicted octanol–water partition coefficient (Wildman–Crippen LogP) is 2.87. The van der Waals surface area contributed by atoms with Crippen LogP contribution in [0, 0.1) is 0 Å². The SMILES string of the molecule is COCCNCc1cccn1-c1ccccc1Cl. The zero-order chi connectivity index (χ0) is 12.8. The van der Waals surface area contributed by atoms with Crippen LogP contribution in [0.5, 0.6) is 0 Å². The topological polar surface area (TPSA) is 26.2 Å². The molecule has 0 unspecified atom stereocenters. The standard InChI is InChI=1S/C14H17ClN2O/c1-18-10-8-16-11-12-5-4-9-17(12)14-7-3-2-6-13(14)15/h2-7,9,16H,8,10-11H2,1H3. The second kappa shape index (κ2) is 6.59. The Kier molecular flexibility index (Phi) is 4.81. The summed E-state index contributed by atoms with van der Waals surface area (Å²) < 4.78 is 7.10. The van der Waals surface area contributed by atoms with E-state index in [9.17, 15) is 0 Å². The quantitative estimate of drug-likeness (QED) is 0.812. The molecule has 0 saturated heterocycles. The van der Waals surface area contributed by atoms with Crippen molar-refractivity contribution in [3.05, 3.63) is 53.3 Å². The Bertz CT molecular complexity index is 496. The molecular formula is C14H17ClN2O. The van der Waals surface area contributed by atoms with Crippen molar-refractivity contribution in [3.8, 4) is 5.69 Å². The van der Waals surface area contributed by atoms with Crippen molar-refractivity contribution in [2.24, 2.45) is 0 Å². The number of ether oxygens (including phenoxy) is 1. The van der Waals surface area contributed by atoms with E-state index < -0.39 is 0 Å². The molecule has 0 fully saturated rings. The molecule has 3 nitrogen and oxygen atoms in total. The number of hydrogen-bond donors (Lipinski definition) is 1. The van der Waals surface area contributed by atoms with E-state index in [0.29, 0.717) is 6.61 Å². The van der Waals surface area contributed by atoms with Crippen LogP contribution in [0.1, 0.15) is 5.69 Å². The van der Waals surface area contributed by atoms with Crippen LogP contribution in [-0.2, 0) is 11.3 Å². The number of nitrogens with one attached hydrogen (secondary N) is 1. The van der Waals surface area contributed by atoms with E-state index in [2.05, 4.69) is 16.0 Å². The summed E-state index contributed by atoms with van der Waals surface area (Å²) in [6.07, 6.45) is 2.02. The average molecular weight is 265 g/mol. The van der Waals surface area contributed by atoms with Gasteiger partial charge in [-0.3, -0.25) is 0 Å². The van der Waals surface area contributed by atoms with Crippen LogP contribution < -0.4 is 5.32 Å². The third-order valence-electron chi connectivity index (χ3n) is 2.73. The third-order valence-corrected chi connectivity index (χ3v) is 3.05. The molecule has 0 aliphatic rings. The molecule has 0 amide bonds. The summed E-state index contributed by atoms with van der Waals surface area (Å²) in [5, 5.41) is 4.09. The Morgan fingerprint density at radius 1 is 1.22 bits per heavy atom. The number of benzene rings is 1. The summed E-state index contributed by atoms with van der Waals surface area (Å²) in [6.45, 7) is 2.35. The highest BCUT2D eigenvalue weighted by Crippen LogP contribution is 2.21. The van der Waals surface area contributed by atoms with Crippen LogP contribution in [0.4, 0.5) is 0 Å². The molecule has 1 heterocycles. The third kappa shape index (κ3) is 3.13. The van der Waals surface area contributed by atoms with Crippen molar-refractivity contribution in [2.75, 3.05) is 20.3 Å². The molecule has 0 saturated carbocycles. The molecule has 0 bridgehead atoms. The summed E-state index contributed by atoms with van der Waals surface area (Å²) in [6, 6.07) is 12.0. The van der Waals surface area contributed by atoms with Crippen molar-refractivity contribution < 1.29 is 4.74 Å². The van der Waals surface area contributed by atoms with Gasteiger partial charge in [-0.05, 0) is 24.3 Å². The Labute approximate surface area is 112 Å². The first-order chi connectivity index (χ1) is 8.83. The van der Waals surface area contributed by atoms with Gasteiger partial charge in [0.2, 0.25) is 0 Å². The highest BCUT2D eigenvalue weighted by molar-refractivity contribution is 6.32. The molecule has 2 aromatic rings.